The van der Waals surface area contributed by atoms with Crippen molar-refractivity contribution in [3.63, 3.8) is 0 Å². The fourth-order valence-corrected chi connectivity index (χ4v) is 1.67. The molecule has 0 spiro atoms. The molecule has 1 N–H and O–H groups in total. The van der Waals surface area contributed by atoms with Crippen molar-refractivity contribution < 1.29 is 0 Å². The molecule has 3 rings (SSSR count). The van der Waals surface area contributed by atoms with E-state index in [1.807, 2.05) is 23.2 Å². The van der Waals surface area contributed by atoms with E-state index in [1.54, 1.807) is 6.20 Å². The van der Waals surface area contributed by atoms with Crippen LogP contribution in [0.2, 0.25) is 0 Å². The molecular weight excluding hydrogens is 186 g/mol. The topological polar surface area (TPSA) is 29.9 Å². The summed E-state index contributed by atoms with van der Waals surface area (Å²) in [6.45, 7) is 0. The number of anilines is 1. The summed E-state index contributed by atoms with van der Waals surface area (Å²) in [5.41, 5.74) is 2.36. The first-order valence-electron chi connectivity index (χ1n) is 5.27. The van der Waals surface area contributed by atoms with Crippen LogP contribution in [0.4, 0.5) is 5.69 Å². The second-order valence-corrected chi connectivity index (χ2v) is 3.91. The molecule has 76 valence electrons. The number of imidazole rings is 1. The van der Waals surface area contributed by atoms with Gasteiger partial charge in [-0.1, -0.05) is 12.1 Å². The number of nitrogens with one attached hydrogen (secondary N) is 1. The van der Waals surface area contributed by atoms with E-state index in [4.69, 9.17) is 0 Å². The summed E-state index contributed by atoms with van der Waals surface area (Å²) < 4.78 is 2.03. The molecule has 0 amide bonds. The van der Waals surface area contributed by atoms with Crippen molar-refractivity contribution in [1.29, 1.82) is 0 Å². The van der Waals surface area contributed by atoms with Crippen LogP contribution in [0.5, 0.6) is 0 Å². The summed E-state index contributed by atoms with van der Waals surface area (Å²) in [5, 5.41) is 3.52. The van der Waals surface area contributed by atoms with Crippen molar-refractivity contribution >= 4 is 5.69 Å². The molecule has 0 atom stereocenters. The Kier molecular flexibility index (Phi) is 1.95. The van der Waals surface area contributed by atoms with E-state index in [-0.39, 0.29) is 0 Å². The molecule has 0 radical (unpaired) electrons. The predicted octanol–water partition coefficient (Wildman–Crippen LogP) is 2.45. The third-order valence-electron chi connectivity index (χ3n) is 2.62. The molecule has 0 unspecified atom stereocenters. The van der Waals surface area contributed by atoms with Crippen LogP contribution in [0.1, 0.15) is 12.8 Å². The van der Waals surface area contributed by atoms with Gasteiger partial charge in [-0.05, 0) is 25.0 Å². The zero-order chi connectivity index (χ0) is 10.1. The molecule has 1 fully saturated rings. The van der Waals surface area contributed by atoms with Gasteiger partial charge in [-0.3, -0.25) is 0 Å². The van der Waals surface area contributed by atoms with Crippen LogP contribution in [-0.2, 0) is 0 Å². The molecule has 3 nitrogen and oxygen atoms in total. The maximum Gasteiger partial charge on any atom is 0.0992 e. The highest BCUT2D eigenvalue weighted by atomic mass is 15.1. The summed E-state index contributed by atoms with van der Waals surface area (Å²) in [6.07, 6.45) is 8.17. The maximum atomic E-state index is 4.07. The standard InChI is InChI=1S/C12H13N3/c1-2-4-12(15-8-7-13-9-15)11(3-1)14-10-5-6-10/h1-4,7-10,14H,5-6H2. The van der Waals surface area contributed by atoms with Gasteiger partial charge in [-0.25, -0.2) is 4.98 Å². The zero-order valence-corrected chi connectivity index (χ0v) is 8.43. The number of rotatable bonds is 3. The fraction of sp³-hybridized carbons (Fsp3) is 0.250. The normalized spacial score (nSPS) is 15.2. The van der Waals surface area contributed by atoms with Crippen molar-refractivity contribution in [3.8, 4) is 5.69 Å². The molecule has 1 saturated carbocycles. The highest BCUT2D eigenvalue weighted by Crippen LogP contribution is 2.28. The summed E-state index contributed by atoms with van der Waals surface area (Å²) in [4.78, 5) is 4.07. The van der Waals surface area contributed by atoms with E-state index in [9.17, 15) is 0 Å². The Morgan fingerprint density at radius 3 is 2.87 bits per heavy atom. The monoisotopic (exact) mass is 199 g/mol. The van der Waals surface area contributed by atoms with E-state index in [0.29, 0.717) is 6.04 Å². The number of hydrogen-bond acceptors (Lipinski definition) is 2. The van der Waals surface area contributed by atoms with Crippen molar-refractivity contribution in [2.45, 2.75) is 18.9 Å². The lowest BCUT2D eigenvalue weighted by atomic mass is 10.2. The summed E-state index contributed by atoms with van der Waals surface area (Å²) >= 11 is 0. The molecule has 1 aromatic carbocycles. The second kappa shape index (κ2) is 3.42. The Hall–Kier alpha value is -1.77. The van der Waals surface area contributed by atoms with Gasteiger partial charge in [-0.2, -0.15) is 0 Å². The van der Waals surface area contributed by atoms with Crippen molar-refractivity contribution in [3.05, 3.63) is 43.0 Å². The Labute approximate surface area is 88.8 Å². The number of aromatic nitrogens is 2. The molecule has 1 aliphatic carbocycles. The van der Waals surface area contributed by atoms with Crippen LogP contribution in [-0.4, -0.2) is 15.6 Å². The fourth-order valence-electron chi connectivity index (χ4n) is 1.67. The molecule has 0 aliphatic heterocycles. The van der Waals surface area contributed by atoms with Gasteiger partial charge in [0.1, 0.15) is 0 Å². The SMILES string of the molecule is c1ccc(-n2ccnc2)c(NC2CC2)c1. The summed E-state index contributed by atoms with van der Waals surface area (Å²) in [7, 11) is 0. The lowest BCUT2D eigenvalue weighted by molar-refractivity contribution is 1.04. The first-order valence-corrected chi connectivity index (χ1v) is 5.27. The molecule has 1 aliphatic rings. The number of para-hydroxylation sites is 2. The first kappa shape index (κ1) is 8.53. The predicted molar refractivity (Wildman–Crippen MR) is 60.2 cm³/mol. The van der Waals surface area contributed by atoms with Gasteiger partial charge in [0, 0.05) is 18.4 Å². The van der Waals surface area contributed by atoms with Gasteiger partial charge in [-0.15, -0.1) is 0 Å². The lowest BCUT2D eigenvalue weighted by Crippen LogP contribution is -2.04. The molecule has 1 heterocycles. The summed E-state index contributed by atoms with van der Waals surface area (Å²) in [6, 6.07) is 9.01. The third-order valence-corrected chi connectivity index (χ3v) is 2.62. The Morgan fingerprint density at radius 1 is 1.27 bits per heavy atom. The van der Waals surface area contributed by atoms with Crippen LogP contribution < -0.4 is 5.32 Å². The van der Waals surface area contributed by atoms with Crippen LogP contribution in [0.15, 0.2) is 43.0 Å². The van der Waals surface area contributed by atoms with Crippen LogP contribution in [0.3, 0.4) is 0 Å². The quantitative estimate of drug-likeness (QED) is 0.822. The number of nitrogens with zero attached hydrogens (tertiary/aromatic N) is 2. The minimum absolute atomic E-state index is 0.676. The van der Waals surface area contributed by atoms with Crippen LogP contribution in [0, 0.1) is 0 Å². The van der Waals surface area contributed by atoms with Gasteiger partial charge in [0.2, 0.25) is 0 Å². The number of hydrogen-bond donors (Lipinski definition) is 1. The maximum absolute atomic E-state index is 4.07. The lowest BCUT2D eigenvalue weighted by Gasteiger charge is -2.11. The molecule has 0 bridgehead atoms. The molecule has 3 heteroatoms. The van der Waals surface area contributed by atoms with Gasteiger partial charge in [0.25, 0.3) is 0 Å². The summed E-state index contributed by atoms with van der Waals surface area (Å²) in [5.74, 6) is 0. The van der Waals surface area contributed by atoms with Gasteiger partial charge >= 0.3 is 0 Å². The van der Waals surface area contributed by atoms with Crippen molar-refractivity contribution in [2.24, 2.45) is 0 Å². The zero-order valence-electron chi connectivity index (χ0n) is 8.43. The highest BCUT2D eigenvalue weighted by molar-refractivity contribution is 5.61. The van der Waals surface area contributed by atoms with Crippen LogP contribution in [0.25, 0.3) is 5.69 Å². The molecule has 2 aromatic rings. The van der Waals surface area contributed by atoms with Gasteiger partial charge < -0.3 is 9.88 Å². The minimum atomic E-state index is 0.676. The molecule has 15 heavy (non-hydrogen) atoms. The molecule has 0 saturated heterocycles. The van der Waals surface area contributed by atoms with E-state index in [1.165, 1.54) is 24.2 Å². The average Bonchev–Trinajstić information content (AvgIpc) is 2.93. The average molecular weight is 199 g/mol. The smallest absolute Gasteiger partial charge is 0.0992 e. The Bertz CT molecular complexity index is 444. The van der Waals surface area contributed by atoms with Gasteiger partial charge in [0.05, 0.1) is 17.7 Å². The van der Waals surface area contributed by atoms with Crippen LogP contribution >= 0.6 is 0 Å². The van der Waals surface area contributed by atoms with E-state index < -0.39 is 0 Å². The largest absolute Gasteiger partial charge is 0.381 e. The van der Waals surface area contributed by atoms with E-state index in [2.05, 4.69) is 28.5 Å². The molecule has 1 aromatic heterocycles. The highest BCUT2D eigenvalue weighted by Gasteiger charge is 2.21. The van der Waals surface area contributed by atoms with Crippen molar-refractivity contribution in [1.82, 2.24) is 9.55 Å². The minimum Gasteiger partial charge on any atom is -0.381 e. The number of benzene rings is 1. The first-order chi connectivity index (χ1) is 7.43. The Balaban J connectivity index is 1.98. The van der Waals surface area contributed by atoms with E-state index >= 15 is 0 Å². The second-order valence-electron chi connectivity index (χ2n) is 3.91. The van der Waals surface area contributed by atoms with Gasteiger partial charge in [0.15, 0.2) is 0 Å². The molecular formula is C12H13N3. The Morgan fingerprint density at radius 2 is 2.13 bits per heavy atom. The van der Waals surface area contributed by atoms with Crippen molar-refractivity contribution in [2.75, 3.05) is 5.32 Å². The van der Waals surface area contributed by atoms with E-state index in [0.717, 1.165) is 0 Å². The third kappa shape index (κ3) is 1.73.